The number of aromatic nitrogens is 2. The maximum absolute atomic E-state index is 5.99. The third-order valence-electron chi connectivity index (χ3n) is 2.97. The molecular weight excluding hydrogens is 292 g/mol. The molecule has 0 amide bonds. The number of benzene rings is 1. The Bertz CT molecular complexity index is 636. The molecule has 2 rings (SSSR count). The van der Waals surface area contributed by atoms with Gasteiger partial charge in [0.15, 0.2) is 5.11 Å². The van der Waals surface area contributed by atoms with Crippen LogP contribution in [0.3, 0.4) is 0 Å². The first-order valence-corrected chi connectivity index (χ1v) is 7.16. The highest BCUT2D eigenvalue weighted by molar-refractivity contribution is 7.80. The Labute approximate surface area is 129 Å². The molecule has 0 bridgehead atoms. The summed E-state index contributed by atoms with van der Waals surface area (Å²) in [6.07, 6.45) is 1.94. The fraction of sp³-hybridized carbons (Fsp3) is 0.286. The Morgan fingerprint density at radius 3 is 2.65 bits per heavy atom. The van der Waals surface area contributed by atoms with Gasteiger partial charge in [0.25, 0.3) is 0 Å². The first-order chi connectivity index (χ1) is 9.49. The topological polar surface area (TPSA) is 41.9 Å². The fourth-order valence-corrected chi connectivity index (χ4v) is 2.20. The predicted octanol–water partition coefficient (Wildman–Crippen LogP) is 3.98. The Hall–Kier alpha value is -1.59. The van der Waals surface area contributed by atoms with Gasteiger partial charge in [0.2, 0.25) is 0 Å². The smallest absolute Gasteiger partial charge is 0.175 e. The van der Waals surface area contributed by atoms with Crippen LogP contribution in [0.25, 0.3) is 0 Å². The molecule has 0 aliphatic carbocycles. The molecule has 0 saturated carbocycles. The lowest BCUT2D eigenvalue weighted by molar-refractivity contribution is 0.653. The van der Waals surface area contributed by atoms with Crippen LogP contribution in [0, 0.1) is 13.8 Å². The molecule has 2 N–H and O–H groups in total. The molecule has 0 aliphatic rings. The number of hydrogen-bond donors (Lipinski definition) is 2. The number of thiocarbonyl (C=S) groups is 1. The number of rotatable bonds is 3. The zero-order chi connectivity index (χ0) is 14.7. The zero-order valence-corrected chi connectivity index (χ0v) is 13.3. The van der Waals surface area contributed by atoms with Gasteiger partial charge in [-0.25, -0.2) is 0 Å². The van der Waals surface area contributed by atoms with Crippen molar-refractivity contribution in [3.05, 3.63) is 40.7 Å². The predicted molar refractivity (Wildman–Crippen MR) is 88.7 cm³/mol. The SMILES string of the molecule is CCn1cc(NC(=S)Nc2cc(Cl)ccc2C)c(C)n1. The van der Waals surface area contributed by atoms with Crippen molar-refractivity contribution in [1.82, 2.24) is 9.78 Å². The van der Waals surface area contributed by atoms with Gasteiger partial charge in [-0.1, -0.05) is 17.7 Å². The van der Waals surface area contributed by atoms with Crippen LogP contribution in [0.4, 0.5) is 11.4 Å². The molecule has 0 spiro atoms. The van der Waals surface area contributed by atoms with Crippen molar-refractivity contribution in [2.24, 2.45) is 0 Å². The van der Waals surface area contributed by atoms with Gasteiger partial charge in [-0.3, -0.25) is 4.68 Å². The second-order valence-corrected chi connectivity index (χ2v) is 5.37. The fourth-order valence-electron chi connectivity index (χ4n) is 1.81. The van der Waals surface area contributed by atoms with Crippen molar-refractivity contribution in [3.8, 4) is 0 Å². The normalized spacial score (nSPS) is 10.4. The van der Waals surface area contributed by atoms with Crippen LogP contribution in [0.1, 0.15) is 18.2 Å². The van der Waals surface area contributed by atoms with Crippen LogP contribution in [-0.2, 0) is 6.54 Å². The van der Waals surface area contributed by atoms with Gasteiger partial charge in [0.1, 0.15) is 0 Å². The van der Waals surface area contributed by atoms with E-state index in [0.29, 0.717) is 10.1 Å². The van der Waals surface area contributed by atoms with Crippen molar-refractivity contribution < 1.29 is 0 Å². The van der Waals surface area contributed by atoms with E-state index in [9.17, 15) is 0 Å². The maximum Gasteiger partial charge on any atom is 0.175 e. The molecule has 0 saturated heterocycles. The van der Waals surface area contributed by atoms with Crippen molar-refractivity contribution in [1.29, 1.82) is 0 Å². The Morgan fingerprint density at radius 1 is 1.30 bits per heavy atom. The van der Waals surface area contributed by atoms with Crippen molar-refractivity contribution in [2.75, 3.05) is 10.6 Å². The molecule has 1 aromatic carbocycles. The molecule has 1 aromatic heterocycles. The van der Waals surface area contributed by atoms with E-state index in [0.717, 1.165) is 29.2 Å². The highest BCUT2D eigenvalue weighted by atomic mass is 35.5. The van der Waals surface area contributed by atoms with Crippen LogP contribution in [0.15, 0.2) is 24.4 Å². The molecule has 0 unspecified atom stereocenters. The number of halogens is 1. The lowest BCUT2D eigenvalue weighted by atomic mass is 10.2. The Balaban J connectivity index is 2.08. The molecule has 1 heterocycles. The van der Waals surface area contributed by atoms with Gasteiger partial charge >= 0.3 is 0 Å². The van der Waals surface area contributed by atoms with Crippen LogP contribution < -0.4 is 10.6 Å². The molecule has 0 atom stereocenters. The van der Waals surface area contributed by atoms with Gasteiger partial charge in [0.05, 0.1) is 11.4 Å². The molecule has 4 nitrogen and oxygen atoms in total. The standard InChI is InChI=1S/C14H17ClN4S/c1-4-19-8-13(10(3)18-19)17-14(20)16-12-7-11(15)6-5-9(12)2/h5-8H,4H2,1-3H3,(H2,16,17,20). The van der Waals surface area contributed by atoms with E-state index in [1.165, 1.54) is 0 Å². The van der Waals surface area contributed by atoms with Gasteiger partial charge in [0, 0.05) is 23.5 Å². The summed E-state index contributed by atoms with van der Waals surface area (Å²) in [5.74, 6) is 0. The van der Waals surface area contributed by atoms with E-state index in [1.54, 1.807) is 0 Å². The van der Waals surface area contributed by atoms with E-state index in [-0.39, 0.29) is 0 Å². The average Bonchev–Trinajstić information content (AvgIpc) is 2.74. The average molecular weight is 309 g/mol. The monoisotopic (exact) mass is 308 g/mol. The minimum atomic E-state index is 0.522. The van der Waals surface area contributed by atoms with Gasteiger partial charge in [-0.2, -0.15) is 5.10 Å². The van der Waals surface area contributed by atoms with E-state index >= 15 is 0 Å². The number of nitrogens with zero attached hydrogens (tertiary/aromatic N) is 2. The lowest BCUT2D eigenvalue weighted by Gasteiger charge is -2.12. The summed E-state index contributed by atoms with van der Waals surface area (Å²) in [7, 11) is 0. The molecule has 0 fully saturated rings. The largest absolute Gasteiger partial charge is 0.332 e. The summed E-state index contributed by atoms with van der Waals surface area (Å²) in [6.45, 7) is 6.82. The van der Waals surface area contributed by atoms with Crippen LogP contribution in [0.2, 0.25) is 5.02 Å². The molecule has 6 heteroatoms. The maximum atomic E-state index is 5.99. The second-order valence-electron chi connectivity index (χ2n) is 4.52. The van der Waals surface area contributed by atoms with Gasteiger partial charge in [-0.15, -0.1) is 0 Å². The summed E-state index contributed by atoms with van der Waals surface area (Å²) >= 11 is 11.3. The van der Waals surface area contributed by atoms with E-state index < -0.39 is 0 Å². The Morgan fingerprint density at radius 2 is 2.00 bits per heavy atom. The summed E-state index contributed by atoms with van der Waals surface area (Å²) in [5, 5.41) is 11.9. The number of aryl methyl sites for hydroxylation is 3. The van der Waals surface area contributed by atoms with E-state index in [2.05, 4.69) is 15.7 Å². The molecular formula is C14H17ClN4S. The highest BCUT2D eigenvalue weighted by Crippen LogP contribution is 2.21. The zero-order valence-electron chi connectivity index (χ0n) is 11.7. The molecule has 0 aliphatic heterocycles. The lowest BCUT2D eigenvalue weighted by Crippen LogP contribution is -2.19. The summed E-state index contributed by atoms with van der Waals surface area (Å²) in [6, 6.07) is 5.66. The summed E-state index contributed by atoms with van der Waals surface area (Å²) < 4.78 is 1.87. The quantitative estimate of drug-likeness (QED) is 0.842. The molecule has 106 valence electrons. The molecule has 20 heavy (non-hydrogen) atoms. The molecule has 2 aromatic rings. The van der Waals surface area contributed by atoms with Gasteiger partial charge < -0.3 is 10.6 Å². The first-order valence-electron chi connectivity index (χ1n) is 6.37. The molecule has 0 radical (unpaired) electrons. The Kier molecular flexibility index (Phi) is 4.62. The van der Waals surface area contributed by atoms with Crippen LogP contribution in [0.5, 0.6) is 0 Å². The minimum absolute atomic E-state index is 0.522. The number of hydrogen-bond acceptors (Lipinski definition) is 2. The van der Waals surface area contributed by atoms with Crippen LogP contribution in [-0.4, -0.2) is 14.9 Å². The van der Waals surface area contributed by atoms with Crippen molar-refractivity contribution in [2.45, 2.75) is 27.3 Å². The minimum Gasteiger partial charge on any atom is -0.332 e. The van der Waals surface area contributed by atoms with E-state index in [4.69, 9.17) is 23.8 Å². The van der Waals surface area contributed by atoms with Crippen molar-refractivity contribution >= 4 is 40.3 Å². The van der Waals surface area contributed by atoms with E-state index in [1.807, 2.05) is 49.8 Å². The third-order valence-corrected chi connectivity index (χ3v) is 3.41. The number of nitrogens with one attached hydrogen (secondary N) is 2. The highest BCUT2D eigenvalue weighted by Gasteiger charge is 2.07. The second kappa shape index (κ2) is 6.24. The third kappa shape index (κ3) is 3.49. The van der Waals surface area contributed by atoms with Crippen molar-refractivity contribution in [3.63, 3.8) is 0 Å². The van der Waals surface area contributed by atoms with Gasteiger partial charge in [-0.05, 0) is 50.7 Å². The summed E-state index contributed by atoms with van der Waals surface area (Å²) in [5.41, 5.74) is 3.80. The summed E-state index contributed by atoms with van der Waals surface area (Å²) in [4.78, 5) is 0. The van der Waals surface area contributed by atoms with Crippen LogP contribution >= 0.6 is 23.8 Å². The first kappa shape index (κ1) is 14.8. The number of anilines is 2.